The Balaban J connectivity index is 2.13. The molecule has 2 rings (SSSR count). The van der Waals surface area contributed by atoms with Gasteiger partial charge >= 0.3 is 0 Å². The number of hydrogen-bond acceptors (Lipinski definition) is 5. The molecular weight excluding hydrogens is 290 g/mol. The lowest BCUT2D eigenvalue weighted by Gasteiger charge is -2.35. The molecule has 1 fully saturated rings. The molecule has 1 atom stereocenters. The summed E-state index contributed by atoms with van der Waals surface area (Å²) in [6.07, 6.45) is 2.85. The van der Waals surface area contributed by atoms with E-state index in [1.165, 1.54) is 12.3 Å². The van der Waals surface area contributed by atoms with Crippen molar-refractivity contribution in [2.75, 3.05) is 18.5 Å². The normalized spacial score (nSPS) is 22.0. The monoisotopic (exact) mass is 313 g/mol. The molecule has 6 nitrogen and oxygen atoms in total. The molecule has 1 saturated heterocycles. The molecule has 0 spiro atoms. The van der Waals surface area contributed by atoms with E-state index in [9.17, 15) is 8.42 Å². The van der Waals surface area contributed by atoms with Gasteiger partial charge in [-0.2, -0.15) is 0 Å². The van der Waals surface area contributed by atoms with Crippen LogP contribution in [-0.2, 0) is 14.8 Å². The standard InChI is InChI=1S/C14H23N3O3S/c1-4-15-13-9-12(5-7-16-13)21(18,19)17-11-6-8-20-14(2,3)10-11/h5,7,9,11,17H,4,6,8,10H2,1-3H3,(H,15,16). The SMILES string of the molecule is CCNc1cc(S(=O)(=O)NC2CCOC(C)(C)C2)ccn1. The molecule has 1 aromatic rings. The summed E-state index contributed by atoms with van der Waals surface area (Å²) in [7, 11) is -3.54. The molecule has 0 aromatic carbocycles. The summed E-state index contributed by atoms with van der Waals surface area (Å²) >= 11 is 0. The molecule has 1 aliphatic heterocycles. The van der Waals surface area contributed by atoms with Gasteiger partial charge in [-0.3, -0.25) is 0 Å². The quantitative estimate of drug-likeness (QED) is 0.865. The van der Waals surface area contributed by atoms with Crippen LogP contribution in [0.15, 0.2) is 23.2 Å². The van der Waals surface area contributed by atoms with Gasteiger partial charge in [-0.25, -0.2) is 18.1 Å². The van der Waals surface area contributed by atoms with Gasteiger partial charge < -0.3 is 10.1 Å². The number of ether oxygens (including phenoxy) is 1. The predicted octanol–water partition coefficient (Wildman–Crippen LogP) is 1.75. The average Bonchev–Trinajstić information content (AvgIpc) is 2.37. The number of aromatic nitrogens is 1. The van der Waals surface area contributed by atoms with Crippen molar-refractivity contribution in [1.82, 2.24) is 9.71 Å². The Kier molecular flexibility index (Phi) is 4.85. The van der Waals surface area contributed by atoms with Gasteiger partial charge in [0.1, 0.15) is 5.82 Å². The lowest BCUT2D eigenvalue weighted by atomic mass is 9.95. The Morgan fingerprint density at radius 3 is 2.90 bits per heavy atom. The molecular formula is C14H23N3O3S. The summed E-state index contributed by atoms with van der Waals surface area (Å²) in [5.41, 5.74) is -0.293. The molecule has 1 unspecified atom stereocenters. The van der Waals surface area contributed by atoms with E-state index in [-0.39, 0.29) is 16.5 Å². The summed E-state index contributed by atoms with van der Waals surface area (Å²) < 4.78 is 33.3. The van der Waals surface area contributed by atoms with E-state index in [0.717, 1.165) is 0 Å². The third-order valence-electron chi connectivity index (χ3n) is 3.42. The number of sulfonamides is 1. The first-order valence-electron chi connectivity index (χ1n) is 7.18. The van der Waals surface area contributed by atoms with E-state index in [2.05, 4.69) is 15.0 Å². The number of rotatable bonds is 5. The molecule has 0 saturated carbocycles. The van der Waals surface area contributed by atoms with Crippen LogP contribution in [0.3, 0.4) is 0 Å². The number of nitrogens with one attached hydrogen (secondary N) is 2. The number of anilines is 1. The number of nitrogens with zero attached hydrogens (tertiary/aromatic N) is 1. The van der Waals surface area contributed by atoms with Gasteiger partial charge in [0.05, 0.1) is 10.5 Å². The molecule has 0 aliphatic carbocycles. The van der Waals surface area contributed by atoms with Gasteiger partial charge in [0.15, 0.2) is 0 Å². The molecule has 0 amide bonds. The minimum Gasteiger partial charge on any atom is -0.375 e. The Morgan fingerprint density at radius 2 is 2.24 bits per heavy atom. The van der Waals surface area contributed by atoms with Gasteiger partial charge in [-0.15, -0.1) is 0 Å². The van der Waals surface area contributed by atoms with Crippen LogP contribution in [0.25, 0.3) is 0 Å². The largest absolute Gasteiger partial charge is 0.375 e. The van der Waals surface area contributed by atoms with Crippen molar-refractivity contribution >= 4 is 15.8 Å². The molecule has 1 aromatic heterocycles. The fourth-order valence-electron chi connectivity index (χ4n) is 2.48. The summed E-state index contributed by atoms with van der Waals surface area (Å²) in [6, 6.07) is 2.96. The molecule has 118 valence electrons. The first kappa shape index (κ1) is 16.2. The molecule has 2 N–H and O–H groups in total. The van der Waals surface area contributed by atoms with Crippen molar-refractivity contribution in [3.63, 3.8) is 0 Å². The first-order chi connectivity index (χ1) is 9.82. The Hall–Kier alpha value is -1.18. The maximum absolute atomic E-state index is 12.5. The van der Waals surface area contributed by atoms with Crippen molar-refractivity contribution in [1.29, 1.82) is 0 Å². The fourth-order valence-corrected chi connectivity index (χ4v) is 3.76. The van der Waals surface area contributed by atoms with Crippen molar-refractivity contribution in [2.45, 2.75) is 50.2 Å². The summed E-state index contributed by atoms with van der Waals surface area (Å²) in [6.45, 7) is 7.15. The van der Waals surface area contributed by atoms with Crippen LogP contribution in [0.5, 0.6) is 0 Å². The van der Waals surface area contributed by atoms with Gasteiger partial charge in [0, 0.05) is 31.5 Å². The van der Waals surface area contributed by atoms with Gasteiger partial charge in [0.25, 0.3) is 0 Å². The van der Waals surface area contributed by atoms with Crippen molar-refractivity contribution in [3.05, 3.63) is 18.3 Å². The third-order valence-corrected chi connectivity index (χ3v) is 4.94. The highest BCUT2D eigenvalue weighted by Crippen LogP contribution is 2.25. The Labute approximate surface area is 126 Å². The zero-order chi connectivity index (χ0) is 15.5. The van der Waals surface area contributed by atoms with Gasteiger partial charge in [-0.1, -0.05) is 0 Å². The lowest BCUT2D eigenvalue weighted by Crippen LogP contribution is -2.45. The number of hydrogen-bond donors (Lipinski definition) is 2. The van der Waals surface area contributed by atoms with Crippen molar-refractivity contribution in [2.24, 2.45) is 0 Å². The maximum Gasteiger partial charge on any atom is 0.241 e. The number of pyridine rings is 1. The first-order valence-corrected chi connectivity index (χ1v) is 8.67. The van der Waals surface area contributed by atoms with E-state index >= 15 is 0 Å². The van der Waals surface area contributed by atoms with Crippen LogP contribution >= 0.6 is 0 Å². The van der Waals surface area contributed by atoms with Gasteiger partial charge in [0.2, 0.25) is 10.0 Å². The third kappa shape index (κ3) is 4.39. The molecule has 7 heteroatoms. The highest BCUT2D eigenvalue weighted by molar-refractivity contribution is 7.89. The zero-order valence-electron chi connectivity index (χ0n) is 12.7. The van der Waals surface area contributed by atoms with Crippen LogP contribution in [-0.4, -0.2) is 38.2 Å². The molecule has 0 bridgehead atoms. The Bertz CT molecular complexity index is 587. The van der Waals surface area contributed by atoms with E-state index in [4.69, 9.17) is 4.74 Å². The second kappa shape index (κ2) is 6.29. The molecule has 0 radical (unpaired) electrons. The minimum atomic E-state index is -3.54. The van der Waals surface area contributed by atoms with E-state index in [0.29, 0.717) is 31.8 Å². The summed E-state index contributed by atoms with van der Waals surface area (Å²) in [5.74, 6) is 0.563. The fraction of sp³-hybridized carbons (Fsp3) is 0.643. The van der Waals surface area contributed by atoms with E-state index < -0.39 is 10.0 Å². The molecule has 2 heterocycles. The maximum atomic E-state index is 12.5. The highest BCUT2D eigenvalue weighted by Gasteiger charge is 2.31. The second-order valence-corrected chi connectivity index (χ2v) is 7.54. The summed E-state index contributed by atoms with van der Waals surface area (Å²) in [4.78, 5) is 4.32. The highest BCUT2D eigenvalue weighted by atomic mass is 32.2. The van der Waals surface area contributed by atoms with Crippen molar-refractivity contribution in [3.8, 4) is 0 Å². The molecule has 21 heavy (non-hydrogen) atoms. The van der Waals surface area contributed by atoms with Crippen LogP contribution in [0.4, 0.5) is 5.82 Å². The van der Waals surface area contributed by atoms with Gasteiger partial charge in [-0.05, 0) is 39.7 Å². The topological polar surface area (TPSA) is 80.3 Å². The Morgan fingerprint density at radius 1 is 1.48 bits per heavy atom. The van der Waals surface area contributed by atoms with Crippen LogP contribution < -0.4 is 10.0 Å². The smallest absolute Gasteiger partial charge is 0.241 e. The van der Waals surface area contributed by atoms with Crippen LogP contribution in [0.1, 0.15) is 33.6 Å². The second-order valence-electron chi connectivity index (χ2n) is 5.83. The van der Waals surface area contributed by atoms with Crippen LogP contribution in [0.2, 0.25) is 0 Å². The lowest BCUT2D eigenvalue weighted by molar-refractivity contribution is -0.0599. The average molecular weight is 313 g/mol. The minimum absolute atomic E-state index is 0.102. The van der Waals surface area contributed by atoms with E-state index in [1.807, 2.05) is 20.8 Å². The summed E-state index contributed by atoms with van der Waals surface area (Å²) in [5, 5.41) is 3.01. The molecule has 1 aliphatic rings. The van der Waals surface area contributed by atoms with E-state index in [1.54, 1.807) is 6.07 Å². The van der Waals surface area contributed by atoms with Crippen LogP contribution in [0, 0.1) is 0 Å². The van der Waals surface area contributed by atoms with Crippen molar-refractivity contribution < 1.29 is 13.2 Å². The predicted molar refractivity (Wildman–Crippen MR) is 81.8 cm³/mol. The zero-order valence-corrected chi connectivity index (χ0v) is 13.5.